The van der Waals surface area contributed by atoms with Crippen LogP contribution in [0.15, 0.2) is 91.3 Å². The Bertz CT molecular complexity index is 1280. The molecule has 0 saturated carbocycles. The van der Waals surface area contributed by atoms with Crippen molar-refractivity contribution in [1.29, 1.82) is 0 Å². The molecule has 0 radical (unpaired) electrons. The SMILES string of the molecule is Cl.Cl.OC1(c2ccccc2)CCN(CCC(Cn2ccnc2-c2ccccc2)c2ccc(Cl)c(Cl)c2)CC1. The number of hydrogen-bond acceptors (Lipinski definition) is 3. The maximum atomic E-state index is 11.2. The molecule has 4 nitrogen and oxygen atoms in total. The molecule has 1 aliphatic heterocycles. The number of rotatable bonds is 8. The van der Waals surface area contributed by atoms with Crippen molar-refractivity contribution in [3.05, 3.63) is 112 Å². The molecule has 0 bridgehead atoms. The van der Waals surface area contributed by atoms with E-state index >= 15 is 0 Å². The summed E-state index contributed by atoms with van der Waals surface area (Å²) in [7, 11) is 0. The summed E-state index contributed by atoms with van der Waals surface area (Å²) in [5.74, 6) is 1.21. The van der Waals surface area contributed by atoms with Gasteiger partial charge in [-0.05, 0) is 49.1 Å². The average molecular weight is 593 g/mol. The number of likely N-dealkylation sites (tertiary alicyclic amines) is 1. The quantitative estimate of drug-likeness (QED) is 0.226. The number of benzene rings is 3. The second-order valence-electron chi connectivity index (χ2n) is 9.67. The van der Waals surface area contributed by atoms with Gasteiger partial charge in [-0.2, -0.15) is 0 Å². The summed E-state index contributed by atoms with van der Waals surface area (Å²) >= 11 is 12.6. The summed E-state index contributed by atoms with van der Waals surface area (Å²) in [6, 6.07) is 26.3. The number of aromatic nitrogens is 2. The van der Waals surface area contributed by atoms with Gasteiger partial charge >= 0.3 is 0 Å². The smallest absolute Gasteiger partial charge is 0.139 e. The zero-order valence-electron chi connectivity index (χ0n) is 21.0. The van der Waals surface area contributed by atoms with E-state index in [1.165, 1.54) is 5.56 Å². The molecule has 5 rings (SSSR count). The standard InChI is InChI=1S/C30H31Cl2N3O.2ClH/c31-27-12-11-24(21-28(27)32)25(22-35-20-16-33-29(35)23-7-3-1-4-8-23)13-17-34-18-14-30(36,15-19-34)26-9-5-2-6-10-26;;/h1-12,16,20-21,25,36H,13-15,17-19,22H2;2*1H. The van der Waals surface area contributed by atoms with Crippen LogP contribution in [0, 0.1) is 0 Å². The minimum atomic E-state index is -0.734. The molecule has 1 unspecified atom stereocenters. The molecule has 2 heterocycles. The maximum Gasteiger partial charge on any atom is 0.139 e. The van der Waals surface area contributed by atoms with Crippen LogP contribution in [0.25, 0.3) is 11.4 Å². The first-order chi connectivity index (χ1) is 17.5. The van der Waals surface area contributed by atoms with Gasteiger partial charge in [0.1, 0.15) is 5.82 Å². The molecule has 4 aromatic rings. The van der Waals surface area contributed by atoms with Gasteiger partial charge in [0, 0.05) is 43.5 Å². The molecular formula is C30H33Cl4N3O. The maximum absolute atomic E-state index is 11.2. The fourth-order valence-corrected chi connectivity index (χ4v) is 5.50. The number of halogens is 4. The average Bonchev–Trinajstić information content (AvgIpc) is 3.38. The molecule has 3 aromatic carbocycles. The van der Waals surface area contributed by atoms with Crippen molar-refractivity contribution < 1.29 is 5.11 Å². The van der Waals surface area contributed by atoms with Crippen LogP contribution in [0.2, 0.25) is 10.0 Å². The van der Waals surface area contributed by atoms with Gasteiger partial charge < -0.3 is 14.6 Å². The van der Waals surface area contributed by atoms with E-state index in [0.717, 1.165) is 62.4 Å². The van der Waals surface area contributed by atoms with Gasteiger partial charge in [-0.25, -0.2) is 4.98 Å². The van der Waals surface area contributed by atoms with E-state index < -0.39 is 5.60 Å². The Morgan fingerprint density at radius 2 is 1.53 bits per heavy atom. The Hall–Kier alpha value is -2.05. The Morgan fingerprint density at radius 1 is 0.868 bits per heavy atom. The van der Waals surface area contributed by atoms with Crippen molar-refractivity contribution in [1.82, 2.24) is 14.5 Å². The van der Waals surface area contributed by atoms with E-state index in [0.29, 0.717) is 10.0 Å². The van der Waals surface area contributed by atoms with E-state index in [9.17, 15) is 5.11 Å². The third-order valence-electron chi connectivity index (χ3n) is 7.37. The number of nitrogens with zero attached hydrogens (tertiary/aromatic N) is 3. The van der Waals surface area contributed by atoms with E-state index in [1.54, 1.807) is 0 Å². The van der Waals surface area contributed by atoms with Crippen molar-refractivity contribution in [2.75, 3.05) is 19.6 Å². The normalized spacial score (nSPS) is 15.8. The highest BCUT2D eigenvalue weighted by Gasteiger charge is 2.33. The molecule has 8 heteroatoms. The second kappa shape index (κ2) is 13.8. The molecule has 0 amide bonds. The van der Waals surface area contributed by atoms with Gasteiger partial charge in [0.25, 0.3) is 0 Å². The highest BCUT2D eigenvalue weighted by atomic mass is 35.5. The molecular weight excluding hydrogens is 560 g/mol. The molecule has 202 valence electrons. The van der Waals surface area contributed by atoms with Crippen molar-refractivity contribution in [2.45, 2.75) is 37.3 Å². The minimum Gasteiger partial charge on any atom is -0.385 e. The van der Waals surface area contributed by atoms with Gasteiger partial charge in [0.15, 0.2) is 0 Å². The van der Waals surface area contributed by atoms with Crippen LogP contribution in [0.1, 0.15) is 36.3 Å². The van der Waals surface area contributed by atoms with Crippen LogP contribution in [0.3, 0.4) is 0 Å². The van der Waals surface area contributed by atoms with Crippen LogP contribution in [0.5, 0.6) is 0 Å². The van der Waals surface area contributed by atoms with Gasteiger partial charge in [-0.3, -0.25) is 0 Å². The van der Waals surface area contributed by atoms with Crippen LogP contribution in [-0.2, 0) is 12.1 Å². The summed E-state index contributed by atoms with van der Waals surface area (Å²) in [6.07, 6.45) is 6.37. The van der Waals surface area contributed by atoms with Crippen LogP contribution in [-0.4, -0.2) is 39.2 Å². The zero-order valence-corrected chi connectivity index (χ0v) is 24.2. The summed E-state index contributed by atoms with van der Waals surface area (Å²) in [5, 5.41) is 12.4. The molecule has 1 aromatic heterocycles. The molecule has 1 saturated heterocycles. The van der Waals surface area contributed by atoms with Crippen LogP contribution >= 0.6 is 48.0 Å². The molecule has 0 spiro atoms. The van der Waals surface area contributed by atoms with Gasteiger partial charge in [-0.15, -0.1) is 24.8 Å². The predicted octanol–water partition coefficient (Wildman–Crippen LogP) is 7.86. The second-order valence-corrected chi connectivity index (χ2v) is 10.5. The first-order valence-electron chi connectivity index (χ1n) is 12.5. The first kappa shape index (κ1) is 30.5. The lowest BCUT2D eigenvalue weighted by Gasteiger charge is -2.39. The molecule has 38 heavy (non-hydrogen) atoms. The first-order valence-corrected chi connectivity index (χ1v) is 13.3. The summed E-state index contributed by atoms with van der Waals surface area (Å²) in [6.45, 7) is 3.49. The van der Waals surface area contributed by atoms with Crippen molar-refractivity contribution >= 4 is 48.0 Å². The number of hydrogen-bond donors (Lipinski definition) is 1. The largest absolute Gasteiger partial charge is 0.385 e. The van der Waals surface area contributed by atoms with Crippen molar-refractivity contribution in [3.8, 4) is 11.4 Å². The lowest BCUT2D eigenvalue weighted by Crippen LogP contribution is -2.43. The van der Waals surface area contributed by atoms with E-state index in [-0.39, 0.29) is 30.7 Å². The lowest BCUT2D eigenvalue weighted by atomic mass is 9.84. The molecule has 1 N–H and O–H groups in total. The monoisotopic (exact) mass is 591 g/mol. The summed E-state index contributed by atoms with van der Waals surface area (Å²) < 4.78 is 2.23. The zero-order chi connectivity index (χ0) is 25.0. The third kappa shape index (κ3) is 7.12. The number of piperidine rings is 1. The Morgan fingerprint density at radius 3 is 2.18 bits per heavy atom. The van der Waals surface area contributed by atoms with Gasteiger partial charge in [-0.1, -0.05) is 89.9 Å². The van der Waals surface area contributed by atoms with Crippen molar-refractivity contribution in [2.24, 2.45) is 0 Å². The van der Waals surface area contributed by atoms with Crippen molar-refractivity contribution in [3.63, 3.8) is 0 Å². The predicted molar refractivity (Wildman–Crippen MR) is 162 cm³/mol. The molecule has 1 fully saturated rings. The Labute approximate surface area is 247 Å². The minimum absolute atomic E-state index is 0. The highest BCUT2D eigenvalue weighted by molar-refractivity contribution is 6.42. The van der Waals surface area contributed by atoms with Gasteiger partial charge in [0.05, 0.1) is 15.6 Å². The van der Waals surface area contributed by atoms with E-state index in [1.807, 2.05) is 73.1 Å². The highest BCUT2D eigenvalue weighted by Crippen LogP contribution is 2.34. The lowest BCUT2D eigenvalue weighted by molar-refractivity contribution is -0.0263. The number of imidazole rings is 1. The Kier molecular flexibility index (Phi) is 11.1. The van der Waals surface area contributed by atoms with Crippen LogP contribution < -0.4 is 0 Å². The fourth-order valence-electron chi connectivity index (χ4n) is 5.19. The van der Waals surface area contributed by atoms with Crippen LogP contribution in [0.4, 0.5) is 0 Å². The van der Waals surface area contributed by atoms with E-state index in [4.69, 9.17) is 23.2 Å². The topological polar surface area (TPSA) is 41.3 Å². The number of aliphatic hydroxyl groups is 1. The van der Waals surface area contributed by atoms with Gasteiger partial charge in [0.2, 0.25) is 0 Å². The molecule has 1 atom stereocenters. The van der Waals surface area contributed by atoms with E-state index in [2.05, 4.69) is 32.7 Å². The summed E-state index contributed by atoms with van der Waals surface area (Å²) in [5.41, 5.74) is 2.57. The molecule has 0 aliphatic carbocycles. The molecule has 1 aliphatic rings. The Balaban J connectivity index is 0.00000200. The fraction of sp³-hybridized carbons (Fsp3) is 0.300. The third-order valence-corrected chi connectivity index (χ3v) is 8.11. The summed E-state index contributed by atoms with van der Waals surface area (Å²) in [4.78, 5) is 7.10.